The minimum Gasteiger partial charge on any atom is -0.480 e. The first-order valence-electron chi connectivity index (χ1n) is 7.90. The molecule has 0 aromatic heterocycles. The van der Waals surface area contributed by atoms with Crippen molar-refractivity contribution >= 4 is 17.8 Å². The summed E-state index contributed by atoms with van der Waals surface area (Å²) in [6.45, 7) is 0.981. The Balaban J connectivity index is 1.66. The zero-order chi connectivity index (χ0) is 15.0. The Bertz CT molecular complexity index is 459. The largest absolute Gasteiger partial charge is 0.480 e. The van der Waals surface area contributed by atoms with Crippen LogP contribution in [0.1, 0.15) is 44.9 Å². The van der Waals surface area contributed by atoms with Crippen LogP contribution in [0, 0.1) is 5.92 Å². The summed E-state index contributed by atoms with van der Waals surface area (Å²) in [5.41, 5.74) is 0. The highest BCUT2D eigenvalue weighted by molar-refractivity contribution is 5.91. The van der Waals surface area contributed by atoms with Gasteiger partial charge in [-0.05, 0) is 25.7 Å². The Kier molecular flexibility index (Phi) is 3.87. The van der Waals surface area contributed by atoms with Crippen LogP contribution in [-0.4, -0.2) is 57.9 Å². The number of hydrogen-bond donors (Lipinski definition) is 1. The summed E-state index contributed by atoms with van der Waals surface area (Å²) in [5, 5.41) is 9.18. The number of carboxylic acids is 1. The van der Waals surface area contributed by atoms with Gasteiger partial charge in [0.25, 0.3) is 0 Å². The molecule has 2 atom stereocenters. The predicted octanol–water partition coefficient (Wildman–Crippen LogP) is 0.853. The second kappa shape index (κ2) is 5.66. The van der Waals surface area contributed by atoms with Gasteiger partial charge >= 0.3 is 5.97 Å². The molecule has 116 valence electrons. The molecule has 1 saturated carbocycles. The van der Waals surface area contributed by atoms with Crippen molar-refractivity contribution in [3.8, 4) is 0 Å². The summed E-state index contributed by atoms with van der Waals surface area (Å²) in [6.07, 6.45) is 5.88. The van der Waals surface area contributed by atoms with E-state index in [9.17, 15) is 19.5 Å². The van der Waals surface area contributed by atoms with Crippen LogP contribution in [0.3, 0.4) is 0 Å². The molecular formula is C15H22N2O4. The first-order chi connectivity index (χ1) is 10.1. The maximum atomic E-state index is 12.6. The van der Waals surface area contributed by atoms with Crippen molar-refractivity contribution in [2.75, 3.05) is 13.1 Å². The molecule has 2 heterocycles. The van der Waals surface area contributed by atoms with Crippen molar-refractivity contribution in [1.29, 1.82) is 0 Å². The molecule has 6 heteroatoms. The topological polar surface area (TPSA) is 77.9 Å². The fourth-order valence-electron chi connectivity index (χ4n) is 3.99. The standard InChI is InChI=1S/C15H22N2O4/c18-13-8-10(9-17(13)11-4-1-2-5-11)14(19)16-7-3-6-12(16)15(20)21/h10-12H,1-9H2,(H,20,21)/t10-,12-/m1/s1. The van der Waals surface area contributed by atoms with Gasteiger partial charge in [0.05, 0.1) is 5.92 Å². The van der Waals surface area contributed by atoms with E-state index in [0.29, 0.717) is 25.6 Å². The molecule has 0 bridgehead atoms. The third-order valence-corrected chi connectivity index (χ3v) is 5.09. The van der Waals surface area contributed by atoms with Crippen LogP contribution in [-0.2, 0) is 14.4 Å². The molecule has 0 spiro atoms. The van der Waals surface area contributed by atoms with Crippen LogP contribution in [0.15, 0.2) is 0 Å². The maximum absolute atomic E-state index is 12.6. The quantitative estimate of drug-likeness (QED) is 0.837. The van der Waals surface area contributed by atoms with Gasteiger partial charge < -0.3 is 14.9 Å². The highest BCUT2D eigenvalue weighted by Gasteiger charge is 2.43. The Morgan fingerprint density at radius 3 is 2.48 bits per heavy atom. The van der Waals surface area contributed by atoms with Crippen molar-refractivity contribution in [2.45, 2.75) is 57.0 Å². The lowest BCUT2D eigenvalue weighted by atomic mass is 10.1. The second-order valence-corrected chi connectivity index (χ2v) is 6.41. The normalized spacial score (nSPS) is 30.4. The lowest BCUT2D eigenvalue weighted by Gasteiger charge is -2.26. The molecule has 6 nitrogen and oxygen atoms in total. The van der Waals surface area contributed by atoms with E-state index in [1.54, 1.807) is 0 Å². The number of carbonyl (C=O) groups is 3. The minimum atomic E-state index is -0.933. The maximum Gasteiger partial charge on any atom is 0.326 e. The Morgan fingerprint density at radius 2 is 1.81 bits per heavy atom. The van der Waals surface area contributed by atoms with E-state index in [-0.39, 0.29) is 24.2 Å². The van der Waals surface area contributed by atoms with Crippen LogP contribution < -0.4 is 0 Å². The van der Waals surface area contributed by atoms with E-state index in [2.05, 4.69) is 0 Å². The number of carboxylic acid groups (broad SMARTS) is 1. The number of likely N-dealkylation sites (tertiary alicyclic amines) is 2. The van der Waals surface area contributed by atoms with Crippen molar-refractivity contribution in [2.24, 2.45) is 5.92 Å². The number of hydrogen-bond acceptors (Lipinski definition) is 3. The molecule has 1 aliphatic carbocycles. The lowest BCUT2D eigenvalue weighted by molar-refractivity contribution is -0.149. The van der Waals surface area contributed by atoms with Crippen molar-refractivity contribution < 1.29 is 19.5 Å². The predicted molar refractivity (Wildman–Crippen MR) is 74.4 cm³/mol. The number of amides is 2. The molecule has 3 rings (SSSR count). The molecule has 3 fully saturated rings. The van der Waals surface area contributed by atoms with Gasteiger partial charge in [-0.15, -0.1) is 0 Å². The van der Waals surface area contributed by atoms with Gasteiger partial charge in [0.2, 0.25) is 11.8 Å². The lowest BCUT2D eigenvalue weighted by Crippen LogP contribution is -2.44. The van der Waals surface area contributed by atoms with Gasteiger partial charge in [-0.2, -0.15) is 0 Å². The monoisotopic (exact) mass is 294 g/mol. The summed E-state index contributed by atoms with van der Waals surface area (Å²) in [5.74, 6) is -1.36. The average Bonchev–Trinajstić information content (AvgIpc) is 3.17. The van der Waals surface area contributed by atoms with Crippen LogP contribution in [0.25, 0.3) is 0 Å². The Labute approximate surface area is 124 Å². The molecule has 1 N–H and O–H groups in total. The molecule has 2 amide bonds. The van der Waals surface area contributed by atoms with E-state index in [1.807, 2.05) is 4.90 Å². The number of nitrogens with zero attached hydrogens (tertiary/aromatic N) is 2. The molecule has 2 aliphatic heterocycles. The van der Waals surface area contributed by atoms with Crippen molar-refractivity contribution in [3.05, 3.63) is 0 Å². The number of aliphatic carboxylic acids is 1. The number of rotatable bonds is 3. The van der Waals surface area contributed by atoms with Crippen LogP contribution in [0.2, 0.25) is 0 Å². The van der Waals surface area contributed by atoms with Crippen LogP contribution in [0.5, 0.6) is 0 Å². The van der Waals surface area contributed by atoms with Crippen molar-refractivity contribution in [3.63, 3.8) is 0 Å². The number of carbonyl (C=O) groups excluding carboxylic acids is 2. The van der Waals surface area contributed by atoms with E-state index in [4.69, 9.17) is 0 Å². The van der Waals surface area contributed by atoms with Crippen LogP contribution in [0.4, 0.5) is 0 Å². The molecule has 0 aromatic carbocycles. The molecule has 0 radical (unpaired) electrons. The third kappa shape index (κ3) is 2.63. The minimum absolute atomic E-state index is 0.0614. The summed E-state index contributed by atoms with van der Waals surface area (Å²) in [4.78, 5) is 39.2. The van der Waals surface area contributed by atoms with E-state index in [0.717, 1.165) is 32.1 Å². The van der Waals surface area contributed by atoms with E-state index < -0.39 is 12.0 Å². The molecule has 0 aromatic rings. The molecule has 21 heavy (non-hydrogen) atoms. The highest BCUT2D eigenvalue weighted by atomic mass is 16.4. The Morgan fingerprint density at radius 1 is 1.10 bits per heavy atom. The summed E-state index contributed by atoms with van der Waals surface area (Å²) < 4.78 is 0. The van der Waals surface area contributed by atoms with Crippen molar-refractivity contribution in [1.82, 2.24) is 9.80 Å². The fraction of sp³-hybridized carbons (Fsp3) is 0.800. The SMILES string of the molecule is O=C(O)[C@H]1CCCN1C(=O)[C@@H]1CC(=O)N(C2CCCC2)C1. The summed E-state index contributed by atoms with van der Waals surface area (Å²) in [7, 11) is 0. The average molecular weight is 294 g/mol. The van der Waals surface area contributed by atoms with Gasteiger partial charge in [-0.1, -0.05) is 12.8 Å². The summed E-state index contributed by atoms with van der Waals surface area (Å²) >= 11 is 0. The van der Waals surface area contributed by atoms with Gasteiger partial charge in [0.1, 0.15) is 6.04 Å². The molecule has 3 aliphatic rings. The smallest absolute Gasteiger partial charge is 0.326 e. The summed E-state index contributed by atoms with van der Waals surface area (Å²) in [6, 6.07) is -0.405. The molecular weight excluding hydrogens is 272 g/mol. The zero-order valence-electron chi connectivity index (χ0n) is 12.2. The molecule has 2 saturated heterocycles. The van der Waals surface area contributed by atoms with Crippen LogP contribution >= 0.6 is 0 Å². The van der Waals surface area contributed by atoms with Gasteiger partial charge in [0.15, 0.2) is 0 Å². The Hall–Kier alpha value is -1.59. The van der Waals surface area contributed by atoms with Gasteiger partial charge in [-0.3, -0.25) is 9.59 Å². The van der Waals surface area contributed by atoms with E-state index >= 15 is 0 Å². The second-order valence-electron chi connectivity index (χ2n) is 6.41. The van der Waals surface area contributed by atoms with E-state index in [1.165, 1.54) is 4.90 Å². The van der Waals surface area contributed by atoms with Gasteiger partial charge in [0, 0.05) is 25.6 Å². The van der Waals surface area contributed by atoms with Gasteiger partial charge in [-0.25, -0.2) is 4.79 Å². The fourth-order valence-corrected chi connectivity index (χ4v) is 3.99. The first-order valence-corrected chi connectivity index (χ1v) is 7.90. The first kappa shape index (κ1) is 14.4. The molecule has 0 unspecified atom stereocenters. The third-order valence-electron chi connectivity index (χ3n) is 5.09. The highest BCUT2D eigenvalue weighted by Crippen LogP contribution is 2.31. The zero-order valence-corrected chi connectivity index (χ0v) is 12.2.